The van der Waals surface area contributed by atoms with Crippen LogP contribution >= 0.6 is 11.3 Å². The Bertz CT molecular complexity index is 1810. The molecule has 1 amide bonds. The van der Waals surface area contributed by atoms with E-state index in [1.54, 1.807) is 71.0 Å². The second-order valence-electron chi connectivity index (χ2n) is 10.7. The highest BCUT2D eigenvalue weighted by Gasteiger charge is 2.26. The number of aryl methyl sites for hydroxylation is 1. The molecular formula is C34H30N4O5S. The predicted octanol–water partition coefficient (Wildman–Crippen LogP) is 6.50. The molecule has 1 fully saturated rings. The lowest BCUT2D eigenvalue weighted by atomic mass is 10.0. The number of ether oxygens (including phenoxy) is 2. The van der Waals surface area contributed by atoms with Gasteiger partial charge in [-0.1, -0.05) is 6.07 Å². The van der Waals surface area contributed by atoms with E-state index in [0.717, 1.165) is 39.4 Å². The molecule has 0 radical (unpaired) electrons. The summed E-state index contributed by atoms with van der Waals surface area (Å²) in [7, 11) is 0. The molecule has 9 nitrogen and oxygen atoms in total. The third-order valence-electron chi connectivity index (χ3n) is 7.45. The molecule has 0 unspecified atom stereocenters. The summed E-state index contributed by atoms with van der Waals surface area (Å²) in [4.78, 5) is 52.3. The molecular weight excluding hydrogens is 576 g/mol. The summed E-state index contributed by atoms with van der Waals surface area (Å²) in [6.07, 6.45) is 4.66. The van der Waals surface area contributed by atoms with E-state index in [1.807, 2.05) is 25.1 Å². The lowest BCUT2D eigenvalue weighted by molar-refractivity contribution is 0.0590. The second kappa shape index (κ2) is 12.7. The maximum absolute atomic E-state index is 13.1. The number of nitrogens with zero attached hydrogens (tertiary/aromatic N) is 4. The smallest absolute Gasteiger partial charge is 0.272 e. The fourth-order valence-corrected chi connectivity index (χ4v) is 5.86. The molecule has 6 rings (SSSR count). The van der Waals surface area contributed by atoms with Crippen LogP contribution in [0, 0.1) is 6.92 Å². The number of carbonyl (C=O) groups excluding carboxylic acids is 3. The van der Waals surface area contributed by atoms with Crippen LogP contribution in [0.25, 0.3) is 10.2 Å². The Morgan fingerprint density at radius 1 is 0.886 bits per heavy atom. The standard InChI is InChI=1S/C34H30N4O5S/c1-21(39)24-4-7-26(8-5-24)43-33-12-3-23(19-36-33)17-31(40)25-6-10-29(35-20-25)34(41)38-15-13-27(14-16-38)42-28-9-11-32-30(18-28)37-22(2)44-32/h3-12,18-20,27H,13-17H2,1-2H3. The van der Waals surface area contributed by atoms with Crippen LogP contribution in [-0.2, 0) is 6.42 Å². The van der Waals surface area contributed by atoms with E-state index in [9.17, 15) is 14.4 Å². The first-order valence-electron chi connectivity index (χ1n) is 14.4. The molecule has 0 spiro atoms. The molecule has 222 valence electrons. The van der Waals surface area contributed by atoms with Gasteiger partial charge in [-0.2, -0.15) is 0 Å². The number of fused-ring (bicyclic) bond motifs is 1. The fraction of sp³-hybridized carbons (Fsp3) is 0.235. The topological polar surface area (TPSA) is 112 Å². The predicted molar refractivity (Wildman–Crippen MR) is 167 cm³/mol. The Hall–Kier alpha value is -4.96. The Morgan fingerprint density at radius 3 is 2.32 bits per heavy atom. The van der Waals surface area contributed by atoms with E-state index in [2.05, 4.69) is 15.0 Å². The summed E-state index contributed by atoms with van der Waals surface area (Å²) in [5.74, 6) is 1.44. The maximum atomic E-state index is 13.1. The van der Waals surface area contributed by atoms with Crippen LogP contribution in [0.3, 0.4) is 0 Å². The summed E-state index contributed by atoms with van der Waals surface area (Å²) in [5.41, 5.74) is 3.01. The van der Waals surface area contributed by atoms with Gasteiger partial charge in [-0.25, -0.2) is 9.97 Å². The van der Waals surface area contributed by atoms with Crippen LogP contribution in [0.5, 0.6) is 17.4 Å². The molecule has 10 heteroatoms. The summed E-state index contributed by atoms with van der Waals surface area (Å²) < 4.78 is 13.1. The van der Waals surface area contributed by atoms with Crippen molar-refractivity contribution in [1.29, 1.82) is 0 Å². The van der Waals surface area contributed by atoms with Gasteiger partial charge in [0.05, 0.1) is 15.2 Å². The third-order valence-corrected chi connectivity index (χ3v) is 8.40. The monoisotopic (exact) mass is 606 g/mol. The molecule has 0 N–H and O–H groups in total. The molecule has 0 aliphatic carbocycles. The van der Waals surface area contributed by atoms with Gasteiger partial charge in [-0.05, 0) is 67.9 Å². The summed E-state index contributed by atoms with van der Waals surface area (Å²) in [6, 6.07) is 19.5. The lowest BCUT2D eigenvalue weighted by Crippen LogP contribution is -2.42. The highest BCUT2D eigenvalue weighted by molar-refractivity contribution is 7.18. The second-order valence-corrected chi connectivity index (χ2v) is 11.9. The van der Waals surface area contributed by atoms with Crippen molar-refractivity contribution in [1.82, 2.24) is 19.9 Å². The molecule has 3 aromatic heterocycles. The van der Waals surface area contributed by atoms with E-state index < -0.39 is 0 Å². The minimum absolute atomic E-state index is 0.0150. The molecule has 5 aromatic rings. The molecule has 4 heterocycles. The number of amides is 1. The largest absolute Gasteiger partial charge is 0.490 e. The van der Waals surface area contributed by atoms with Gasteiger partial charge in [-0.15, -0.1) is 11.3 Å². The summed E-state index contributed by atoms with van der Waals surface area (Å²) in [6.45, 7) is 4.64. The van der Waals surface area contributed by atoms with Crippen LogP contribution in [0.4, 0.5) is 0 Å². The number of ketones is 2. The van der Waals surface area contributed by atoms with Gasteiger partial charge in [-0.3, -0.25) is 19.4 Å². The van der Waals surface area contributed by atoms with Crippen molar-refractivity contribution in [3.05, 3.63) is 107 Å². The molecule has 2 aromatic carbocycles. The van der Waals surface area contributed by atoms with Gasteiger partial charge in [0.1, 0.15) is 23.3 Å². The van der Waals surface area contributed by atoms with Crippen molar-refractivity contribution in [2.75, 3.05) is 13.1 Å². The van der Waals surface area contributed by atoms with Gasteiger partial charge in [0.15, 0.2) is 11.6 Å². The lowest BCUT2D eigenvalue weighted by Gasteiger charge is -2.32. The molecule has 44 heavy (non-hydrogen) atoms. The number of benzene rings is 2. The number of hydrogen-bond donors (Lipinski definition) is 0. The van der Waals surface area contributed by atoms with Crippen molar-refractivity contribution in [2.24, 2.45) is 0 Å². The number of rotatable bonds is 9. The minimum Gasteiger partial charge on any atom is -0.490 e. The minimum atomic E-state index is -0.155. The average molecular weight is 607 g/mol. The zero-order chi connectivity index (χ0) is 30.6. The van der Waals surface area contributed by atoms with Crippen LogP contribution < -0.4 is 9.47 Å². The maximum Gasteiger partial charge on any atom is 0.272 e. The molecule has 1 aliphatic heterocycles. The number of likely N-dealkylation sites (tertiary alicyclic amines) is 1. The molecule has 0 saturated carbocycles. The Kier molecular flexibility index (Phi) is 8.42. The molecule has 0 bridgehead atoms. The van der Waals surface area contributed by atoms with Crippen molar-refractivity contribution < 1.29 is 23.9 Å². The average Bonchev–Trinajstić information content (AvgIpc) is 3.41. The van der Waals surface area contributed by atoms with Crippen molar-refractivity contribution in [2.45, 2.75) is 39.2 Å². The van der Waals surface area contributed by atoms with Crippen LogP contribution in [0.1, 0.15) is 61.5 Å². The first-order valence-corrected chi connectivity index (χ1v) is 15.2. The van der Waals surface area contributed by atoms with E-state index in [0.29, 0.717) is 41.5 Å². The van der Waals surface area contributed by atoms with E-state index in [-0.39, 0.29) is 30.0 Å². The number of thiazole rings is 1. The van der Waals surface area contributed by atoms with Gasteiger partial charge in [0.2, 0.25) is 5.88 Å². The van der Waals surface area contributed by atoms with Crippen LogP contribution in [0.2, 0.25) is 0 Å². The van der Waals surface area contributed by atoms with Crippen LogP contribution in [-0.4, -0.2) is 56.5 Å². The molecule has 1 saturated heterocycles. The normalized spacial score (nSPS) is 13.5. The quantitative estimate of drug-likeness (QED) is 0.175. The van der Waals surface area contributed by atoms with Crippen LogP contribution in [0.15, 0.2) is 79.1 Å². The van der Waals surface area contributed by atoms with E-state index in [4.69, 9.17) is 9.47 Å². The highest BCUT2D eigenvalue weighted by atomic mass is 32.1. The number of hydrogen-bond acceptors (Lipinski definition) is 9. The molecule has 0 atom stereocenters. The number of pyridine rings is 2. The van der Waals surface area contributed by atoms with E-state index >= 15 is 0 Å². The molecule has 1 aliphatic rings. The van der Waals surface area contributed by atoms with E-state index in [1.165, 1.54) is 13.1 Å². The number of piperidine rings is 1. The summed E-state index contributed by atoms with van der Waals surface area (Å²) >= 11 is 1.66. The zero-order valence-electron chi connectivity index (χ0n) is 24.4. The fourth-order valence-electron chi connectivity index (χ4n) is 5.05. The van der Waals surface area contributed by atoms with Gasteiger partial charge in [0.25, 0.3) is 5.91 Å². The first kappa shape index (κ1) is 29.1. The number of aromatic nitrogens is 3. The first-order chi connectivity index (χ1) is 21.3. The Labute approximate surface area is 258 Å². The number of carbonyl (C=O) groups is 3. The highest BCUT2D eigenvalue weighted by Crippen LogP contribution is 2.28. The van der Waals surface area contributed by atoms with Gasteiger partial charge >= 0.3 is 0 Å². The van der Waals surface area contributed by atoms with Crippen molar-refractivity contribution in [3.63, 3.8) is 0 Å². The SMILES string of the molecule is CC(=O)c1ccc(Oc2ccc(CC(=O)c3ccc(C(=O)N4CCC(Oc5ccc6sc(C)nc6c5)CC4)nc3)cn2)cc1. The zero-order valence-corrected chi connectivity index (χ0v) is 25.2. The van der Waals surface area contributed by atoms with Crippen molar-refractivity contribution in [3.8, 4) is 17.4 Å². The van der Waals surface area contributed by atoms with Gasteiger partial charge in [0, 0.05) is 68.0 Å². The Morgan fingerprint density at radius 2 is 1.64 bits per heavy atom. The number of Topliss-reactive ketones (excluding diaryl/α,β-unsaturated/α-hetero) is 2. The Balaban J connectivity index is 0.986. The van der Waals surface area contributed by atoms with Crippen molar-refractivity contribution >= 4 is 39.0 Å². The summed E-state index contributed by atoms with van der Waals surface area (Å²) in [5, 5.41) is 1.03. The van der Waals surface area contributed by atoms with Gasteiger partial charge < -0.3 is 14.4 Å². The third kappa shape index (κ3) is 6.81.